The molecule has 18 heavy (non-hydrogen) atoms. The maximum Gasteiger partial charge on any atom is 0.144 e. The second-order valence-electron chi connectivity index (χ2n) is 5.21. The summed E-state index contributed by atoms with van der Waals surface area (Å²) in [5.74, 6) is 6.24. The first-order chi connectivity index (χ1) is 8.34. The van der Waals surface area contributed by atoms with E-state index in [0.29, 0.717) is 10.8 Å². The van der Waals surface area contributed by atoms with Crippen LogP contribution in [-0.4, -0.2) is 4.98 Å². The number of nitrogen functional groups attached to an aromatic ring is 1. The SMILES string of the molecule is CC(C)(C)c1cc2ccc(Cl)c(Br)c2nc1NN. The van der Waals surface area contributed by atoms with Gasteiger partial charge in [-0.25, -0.2) is 10.8 Å². The van der Waals surface area contributed by atoms with Gasteiger partial charge in [-0.1, -0.05) is 38.4 Å². The van der Waals surface area contributed by atoms with Crippen molar-refractivity contribution in [3.8, 4) is 0 Å². The quantitative estimate of drug-likeness (QED) is 0.608. The zero-order valence-electron chi connectivity index (χ0n) is 10.5. The molecular weight excluding hydrogens is 314 g/mol. The molecule has 2 aromatic rings. The minimum absolute atomic E-state index is 0.0327. The number of nitrogens with one attached hydrogen (secondary N) is 1. The topological polar surface area (TPSA) is 50.9 Å². The number of nitrogens with zero attached hydrogens (tertiary/aromatic N) is 1. The molecule has 2 rings (SSSR count). The monoisotopic (exact) mass is 327 g/mol. The van der Waals surface area contributed by atoms with Gasteiger partial charge in [0.25, 0.3) is 0 Å². The Morgan fingerprint density at radius 2 is 2.00 bits per heavy atom. The van der Waals surface area contributed by atoms with Gasteiger partial charge in [-0.15, -0.1) is 0 Å². The second-order valence-corrected chi connectivity index (χ2v) is 6.41. The van der Waals surface area contributed by atoms with Gasteiger partial charge in [0.05, 0.1) is 15.0 Å². The molecule has 0 atom stereocenters. The smallest absolute Gasteiger partial charge is 0.144 e. The summed E-state index contributed by atoms with van der Waals surface area (Å²) in [6.07, 6.45) is 0. The predicted octanol–water partition coefficient (Wildman–Crippen LogP) is 4.23. The Hall–Kier alpha value is -0.840. The number of hydrazine groups is 1. The number of fused-ring (bicyclic) bond motifs is 1. The predicted molar refractivity (Wildman–Crippen MR) is 81.0 cm³/mol. The highest BCUT2D eigenvalue weighted by atomic mass is 79.9. The van der Waals surface area contributed by atoms with E-state index in [1.807, 2.05) is 12.1 Å². The fraction of sp³-hybridized carbons (Fsp3) is 0.308. The maximum atomic E-state index is 6.07. The Labute approximate surface area is 120 Å². The first-order valence-corrected chi connectivity index (χ1v) is 6.77. The Morgan fingerprint density at radius 1 is 1.33 bits per heavy atom. The van der Waals surface area contributed by atoms with E-state index in [-0.39, 0.29) is 5.41 Å². The van der Waals surface area contributed by atoms with E-state index >= 15 is 0 Å². The van der Waals surface area contributed by atoms with Crippen molar-refractivity contribution in [2.45, 2.75) is 26.2 Å². The van der Waals surface area contributed by atoms with Crippen molar-refractivity contribution in [3.63, 3.8) is 0 Å². The Morgan fingerprint density at radius 3 is 2.56 bits per heavy atom. The van der Waals surface area contributed by atoms with E-state index in [4.69, 9.17) is 17.4 Å². The van der Waals surface area contributed by atoms with Crippen LogP contribution in [0.3, 0.4) is 0 Å². The van der Waals surface area contributed by atoms with Crippen LogP contribution in [0.15, 0.2) is 22.7 Å². The molecule has 0 aliphatic heterocycles. The van der Waals surface area contributed by atoms with Gasteiger partial charge < -0.3 is 5.43 Å². The highest BCUT2D eigenvalue weighted by Crippen LogP contribution is 2.35. The Kier molecular flexibility index (Phi) is 3.54. The number of rotatable bonds is 1. The van der Waals surface area contributed by atoms with Crippen molar-refractivity contribution in [1.29, 1.82) is 0 Å². The molecule has 3 nitrogen and oxygen atoms in total. The molecule has 0 bridgehead atoms. The fourth-order valence-electron chi connectivity index (χ4n) is 1.86. The van der Waals surface area contributed by atoms with Crippen LogP contribution in [0.1, 0.15) is 26.3 Å². The lowest BCUT2D eigenvalue weighted by Gasteiger charge is -2.22. The molecule has 0 saturated heterocycles. The van der Waals surface area contributed by atoms with Gasteiger partial charge in [0.1, 0.15) is 5.82 Å². The minimum atomic E-state index is -0.0327. The molecule has 0 aliphatic carbocycles. The zero-order chi connectivity index (χ0) is 13.5. The van der Waals surface area contributed by atoms with Crippen LogP contribution in [0.5, 0.6) is 0 Å². The fourth-order valence-corrected chi connectivity index (χ4v) is 2.46. The van der Waals surface area contributed by atoms with Gasteiger partial charge in [-0.05, 0) is 33.5 Å². The number of hydrogen-bond donors (Lipinski definition) is 2. The zero-order valence-corrected chi connectivity index (χ0v) is 12.9. The van der Waals surface area contributed by atoms with Gasteiger partial charge in [0.2, 0.25) is 0 Å². The number of pyridine rings is 1. The summed E-state index contributed by atoms with van der Waals surface area (Å²) in [7, 11) is 0. The van der Waals surface area contributed by atoms with E-state index in [1.54, 1.807) is 0 Å². The van der Waals surface area contributed by atoms with Gasteiger partial charge >= 0.3 is 0 Å². The van der Waals surface area contributed by atoms with E-state index in [0.717, 1.165) is 20.9 Å². The van der Waals surface area contributed by atoms with Crippen molar-refractivity contribution in [3.05, 3.63) is 33.3 Å². The highest BCUT2D eigenvalue weighted by molar-refractivity contribution is 9.10. The summed E-state index contributed by atoms with van der Waals surface area (Å²) in [5, 5.41) is 1.68. The summed E-state index contributed by atoms with van der Waals surface area (Å²) >= 11 is 9.53. The molecule has 96 valence electrons. The van der Waals surface area contributed by atoms with Crippen LogP contribution < -0.4 is 11.3 Å². The van der Waals surface area contributed by atoms with Crippen molar-refractivity contribution in [1.82, 2.24) is 4.98 Å². The van der Waals surface area contributed by atoms with Crippen molar-refractivity contribution >= 4 is 44.3 Å². The molecule has 1 aromatic heterocycles. The summed E-state index contributed by atoms with van der Waals surface area (Å²) in [5.41, 5.74) is 4.52. The van der Waals surface area contributed by atoms with Crippen LogP contribution in [0.25, 0.3) is 10.9 Å². The third-order valence-electron chi connectivity index (χ3n) is 2.82. The minimum Gasteiger partial charge on any atom is -0.308 e. The van der Waals surface area contributed by atoms with Gasteiger partial charge in [-0.3, -0.25) is 0 Å². The molecule has 5 heteroatoms. The van der Waals surface area contributed by atoms with Crippen LogP contribution >= 0.6 is 27.5 Å². The molecule has 0 radical (unpaired) electrons. The third-order valence-corrected chi connectivity index (χ3v) is 4.17. The molecule has 0 spiro atoms. The summed E-state index contributed by atoms with van der Waals surface area (Å²) in [6.45, 7) is 6.38. The van der Waals surface area contributed by atoms with Crippen molar-refractivity contribution in [2.75, 3.05) is 5.43 Å². The van der Waals surface area contributed by atoms with E-state index in [9.17, 15) is 0 Å². The normalized spacial score (nSPS) is 11.9. The molecule has 0 unspecified atom stereocenters. The Balaban J connectivity index is 2.81. The lowest BCUT2D eigenvalue weighted by molar-refractivity contribution is 0.590. The summed E-state index contributed by atoms with van der Waals surface area (Å²) < 4.78 is 0.790. The molecule has 1 heterocycles. The first kappa shape index (κ1) is 13.6. The van der Waals surface area contributed by atoms with Crippen LogP contribution in [0, 0.1) is 0 Å². The number of hydrogen-bond acceptors (Lipinski definition) is 3. The largest absolute Gasteiger partial charge is 0.308 e. The molecule has 0 fully saturated rings. The van der Waals surface area contributed by atoms with Gasteiger partial charge in [-0.2, -0.15) is 0 Å². The maximum absolute atomic E-state index is 6.07. The lowest BCUT2D eigenvalue weighted by atomic mass is 9.86. The summed E-state index contributed by atoms with van der Waals surface area (Å²) in [6, 6.07) is 5.92. The second kappa shape index (κ2) is 4.68. The van der Waals surface area contributed by atoms with Crippen LogP contribution in [-0.2, 0) is 5.41 Å². The number of benzene rings is 1. The molecule has 0 saturated carbocycles. The van der Waals surface area contributed by atoms with E-state index < -0.39 is 0 Å². The molecule has 1 aromatic carbocycles. The highest BCUT2D eigenvalue weighted by Gasteiger charge is 2.20. The number of nitrogens with two attached hydrogens (primary N) is 1. The van der Waals surface area contributed by atoms with E-state index in [2.05, 4.69) is 53.2 Å². The average molecular weight is 329 g/mol. The van der Waals surface area contributed by atoms with Crippen molar-refractivity contribution in [2.24, 2.45) is 5.84 Å². The first-order valence-electron chi connectivity index (χ1n) is 5.60. The standard InChI is InChI=1S/C13H15BrClN3/c1-13(2,3)8-6-7-4-5-9(15)10(14)11(7)17-12(8)18-16/h4-6H,16H2,1-3H3,(H,17,18). The lowest BCUT2D eigenvalue weighted by Crippen LogP contribution is -2.19. The molecular formula is C13H15BrClN3. The van der Waals surface area contributed by atoms with Crippen LogP contribution in [0.4, 0.5) is 5.82 Å². The van der Waals surface area contributed by atoms with Gasteiger partial charge in [0, 0.05) is 10.9 Å². The summed E-state index contributed by atoms with van der Waals surface area (Å²) in [4.78, 5) is 4.55. The molecule has 0 aliphatic rings. The number of anilines is 1. The van der Waals surface area contributed by atoms with Crippen LogP contribution in [0.2, 0.25) is 5.02 Å². The van der Waals surface area contributed by atoms with E-state index in [1.165, 1.54) is 0 Å². The number of aromatic nitrogens is 1. The van der Waals surface area contributed by atoms with Gasteiger partial charge in [0.15, 0.2) is 0 Å². The van der Waals surface area contributed by atoms with Crippen molar-refractivity contribution < 1.29 is 0 Å². The third kappa shape index (κ3) is 2.32. The average Bonchev–Trinajstić information content (AvgIpc) is 2.31. The molecule has 0 amide bonds. The molecule has 3 N–H and O–H groups in total. The number of halogens is 2. The Bertz CT molecular complexity index is 605.